The van der Waals surface area contributed by atoms with E-state index in [0.717, 1.165) is 31.6 Å². The number of fused-ring (bicyclic) bond motifs is 2. The molecule has 1 aromatic carbocycles. The van der Waals surface area contributed by atoms with Gasteiger partial charge < -0.3 is 24.8 Å². The SMILES string of the molecule is O=C(O)/C=C(/NC(=O)c1nc(C2CN3CC[C@@H]2C3)c(-c2ccccc2)o1)C(=O)O. The molecule has 3 N–H and O–H groups in total. The van der Waals surface area contributed by atoms with Crippen molar-refractivity contribution in [3.05, 3.63) is 53.7 Å². The lowest BCUT2D eigenvalue weighted by molar-refractivity contribution is -0.135. The maximum Gasteiger partial charge on any atom is 0.352 e. The lowest BCUT2D eigenvalue weighted by atomic mass is 9.88. The molecule has 2 saturated heterocycles. The highest BCUT2D eigenvalue weighted by atomic mass is 16.4. The number of hydrogen-bond acceptors (Lipinski definition) is 6. The summed E-state index contributed by atoms with van der Waals surface area (Å²) >= 11 is 0. The van der Waals surface area contributed by atoms with Crippen molar-refractivity contribution in [2.24, 2.45) is 5.92 Å². The summed E-state index contributed by atoms with van der Waals surface area (Å²) < 4.78 is 5.76. The lowest BCUT2D eigenvalue weighted by Gasteiger charge is -2.20. The average Bonchev–Trinajstić information content (AvgIpc) is 3.42. The van der Waals surface area contributed by atoms with E-state index in [-0.39, 0.29) is 11.8 Å². The van der Waals surface area contributed by atoms with Crippen LogP contribution in [0, 0.1) is 5.92 Å². The Kier molecular flexibility index (Phi) is 4.89. The molecule has 150 valence electrons. The van der Waals surface area contributed by atoms with Gasteiger partial charge in [-0.1, -0.05) is 30.3 Å². The zero-order valence-electron chi connectivity index (χ0n) is 15.4. The third-order valence-corrected chi connectivity index (χ3v) is 5.31. The fourth-order valence-electron chi connectivity index (χ4n) is 4.02. The number of nitrogens with one attached hydrogen (secondary N) is 1. The van der Waals surface area contributed by atoms with E-state index in [0.29, 0.717) is 23.4 Å². The van der Waals surface area contributed by atoms with E-state index in [2.05, 4.69) is 15.2 Å². The minimum Gasteiger partial charge on any atom is -0.478 e. The quantitative estimate of drug-likeness (QED) is 0.625. The number of nitrogens with zero attached hydrogens (tertiary/aromatic N) is 2. The van der Waals surface area contributed by atoms with Gasteiger partial charge in [0.2, 0.25) is 0 Å². The van der Waals surface area contributed by atoms with Crippen molar-refractivity contribution < 1.29 is 29.0 Å². The van der Waals surface area contributed by atoms with Crippen molar-refractivity contribution in [2.75, 3.05) is 19.6 Å². The molecule has 4 rings (SSSR count). The van der Waals surface area contributed by atoms with Gasteiger partial charge in [0.25, 0.3) is 5.89 Å². The van der Waals surface area contributed by atoms with E-state index < -0.39 is 23.5 Å². The summed E-state index contributed by atoms with van der Waals surface area (Å²) in [6.07, 6.45) is 1.46. The number of carboxylic acids is 2. The molecule has 9 heteroatoms. The number of piperidine rings is 1. The fraction of sp³-hybridized carbons (Fsp3) is 0.300. The summed E-state index contributed by atoms with van der Waals surface area (Å²) in [5.74, 6) is -3.24. The third-order valence-electron chi connectivity index (χ3n) is 5.31. The minimum atomic E-state index is -1.57. The minimum absolute atomic E-state index is 0.123. The topological polar surface area (TPSA) is 133 Å². The molecule has 29 heavy (non-hydrogen) atoms. The van der Waals surface area contributed by atoms with Crippen LogP contribution in [0.15, 0.2) is 46.5 Å². The maximum absolute atomic E-state index is 12.5. The molecule has 9 nitrogen and oxygen atoms in total. The Labute approximate surface area is 165 Å². The molecule has 2 aromatic rings. The molecule has 2 fully saturated rings. The summed E-state index contributed by atoms with van der Waals surface area (Å²) in [5, 5.41) is 19.9. The first kappa shape index (κ1) is 18.9. The Morgan fingerprint density at radius 2 is 1.93 bits per heavy atom. The molecular formula is C20H19N3O6. The van der Waals surface area contributed by atoms with Crippen LogP contribution in [0.2, 0.25) is 0 Å². The van der Waals surface area contributed by atoms with Crippen LogP contribution in [0.5, 0.6) is 0 Å². The summed E-state index contributed by atoms with van der Waals surface area (Å²) in [7, 11) is 0. The van der Waals surface area contributed by atoms with Crippen LogP contribution in [0.25, 0.3) is 11.3 Å². The Hall–Kier alpha value is -3.46. The van der Waals surface area contributed by atoms with Crippen molar-refractivity contribution in [3.8, 4) is 11.3 Å². The van der Waals surface area contributed by atoms with Crippen LogP contribution < -0.4 is 5.32 Å². The van der Waals surface area contributed by atoms with E-state index in [1.165, 1.54) is 0 Å². The van der Waals surface area contributed by atoms with Crippen LogP contribution in [-0.4, -0.2) is 57.6 Å². The highest BCUT2D eigenvalue weighted by Crippen LogP contribution is 2.43. The molecule has 2 aliphatic heterocycles. The molecule has 0 saturated carbocycles. The van der Waals surface area contributed by atoms with Crippen LogP contribution in [0.3, 0.4) is 0 Å². The Morgan fingerprint density at radius 1 is 1.17 bits per heavy atom. The van der Waals surface area contributed by atoms with Crippen LogP contribution in [-0.2, 0) is 9.59 Å². The normalized spacial score (nSPS) is 23.2. The summed E-state index contributed by atoms with van der Waals surface area (Å²) in [6, 6.07) is 9.28. The first-order chi connectivity index (χ1) is 13.9. The van der Waals surface area contributed by atoms with Crippen LogP contribution >= 0.6 is 0 Å². The molecule has 0 aliphatic carbocycles. The molecule has 2 bridgehead atoms. The van der Waals surface area contributed by atoms with E-state index in [4.69, 9.17) is 14.6 Å². The van der Waals surface area contributed by atoms with Gasteiger partial charge in [-0.2, -0.15) is 0 Å². The number of carboxylic acid groups (broad SMARTS) is 2. The molecule has 3 heterocycles. The van der Waals surface area contributed by atoms with Crippen molar-refractivity contribution in [1.29, 1.82) is 0 Å². The van der Waals surface area contributed by atoms with E-state index in [1.807, 2.05) is 30.3 Å². The van der Waals surface area contributed by atoms with E-state index in [9.17, 15) is 14.4 Å². The molecule has 2 aliphatic rings. The predicted octanol–water partition coefficient (Wildman–Crippen LogP) is 1.54. The van der Waals surface area contributed by atoms with Crippen molar-refractivity contribution in [1.82, 2.24) is 15.2 Å². The van der Waals surface area contributed by atoms with Gasteiger partial charge in [0.05, 0.1) is 11.8 Å². The van der Waals surface area contributed by atoms with E-state index in [1.54, 1.807) is 0 Å². The van der Waals surface area contributed by atoms with Crippen LogP contribution in [0.4, 0.5) is 0 Å². The van der Waals surface area contributed by atoms with Gasteiger partial charge in [-0.25, -0.2) is 14.6 Å². The second kappa shape index (κ2) is 7.51. The van der Waals surface area contributed by atoms with E-state index >= 15 is 0 Å². The van der Waals surface area contributed by atoms with Gasteiger partial charge in [0.15, 0.2) is 5.76 Å². The summed E-state index contributed by atoms with van der Waals surface area (Å²) in [5.41, 5.74) is 0.675. The van der Waals surface area contributed by atoms with Gasteiger partial charge in [-0.15, -0.1) is 0 Å². The lowest BCUT2D eigenvalue weighted by Crippen LogP contribution is -2.28. The number of carbonyl (C=O) groups excluding carboxylic acids is 1. The second-order valence-electron chi connectivity index (χ2n) is 7.17. The molecular weight excluding hydrogens is 378 g/mol. The standard InChI is InChI=1S/C20H19N3O6/c24-15(25)8-14(20(27)28)21-18(26)19-22-16(13-10-23-7-6-12(13)9-23)17(29-19)11-4-2-1-3-5-11/h1-5,8,12-13H,6-7,9-10H2,(H,21,26)(H,24,25)(H,27,28)/b14-8+/t12-,13?/m1/s1. The first-order valence-corrected chi connectivity index (χ1v) is 9.20. The predicted molar refractivity (Wildman–Crippen MR) is 100 cm³/mol. The first-order valence-electron chi connectivity index (χ1n) is 9.20. The van der Waals surface area contributed by atoms with Crippen molar-refractivity contribution >= 4 is 17.8 Å². The highest BCUT2D eigenvalue weighted by molar-refractivity contribution is 6.01. The number of hydrogen-bond donors (Lipinski definition) is 3. The molecule has 1 aromatic heterocycles. The summed E-state index contributed by atoms with van der Waals surface area (Å²) in [6.45, 7) is 2.87. The molecule has 0 radical (unpaired) electrons. The smallest absolute Gasteiger partial charge is 0.352 e. The number of carbonyl (C=O) groups is 3. The Balaban J connectivity index is 1.69. The van der Waals surface area contributed by atoms with Gasteiger partial charge in [0.1, 0.15) is 5.70 Å². The molecule has 0 spiro atoms. The van der Waals surface area contributed by atoms with Crippen LogP contribution in [0.1, 0.15) is 28.7 Å². The Bertz CT molecular complexity index is 997. The largest absolute Gasteiger partial charge is 0.478 e. The second-order valence-corrected chi connectivity index (χ2v) is 7.17. The molecule has 1 amide bonds. The Morgan fingerprint density at radius 3 is 2.52 bits per heavy atom. The van der Waals surface area contributed by atoms with Crippen molar-refractivity contribution in [3.63, 3.8) is 0 Å². The number of amides is 1. The zero-order chi connectivity index (χ0) is 20.5. The number of benzene rings is 1. The zero-order valence-corrected chi connectivity index (χ0v) is 15.4. The van der Waals surface area contributed by atoms with Gasteiger partial charge in [-0.3, -0.25) is 4.79 Å². The van der Waals surface area contributed by atoms with Gasteiger partial charge >= 0.3 is 17.8 Å². The van der Waals surface area contributed by atoms with Crippen molar-refractivity contribution in [2.45, 2.75) is 12.3 Å². The number of aromatic nitrogens is 1. The van der Waals surface area contributed by atoms with Gasteiger partial charge in [0, 0.05) is 24.6 Å². The third kappa shape index (κ3) is 3.77. The number of oxazole rings is 1. The van der Waals surface area contributed by atoms with Gasteiger partial charge in [-0.05, 0) is 18.9 Å². The molecule has 2 unspecified atom stereocenters. The molecule has 3 atom stereocenters. The number of aliphatic carboxylic acids is 2. The summed E-state index contributed by atoms with van der Waals surface area (Å²) in [4.78, 5) is 41.3. The number of rotatable bonds is 6. The maximum atomic E-state index is 12.5. The monoisotopic (exact) mass is 397 g/mol. The highest BCUT2D eigenvalue weighted by Gasteiger charge is 2.42. The average molecular weight is 397 g/mol. The fourth-order valence-corrected chi connectivity index (χ4v) is 4.02.